The van der Waals surface area contributed by atoms with Gasteiger partial charge in [0, 0.05) is 5.88 Å². The van der Waals surface area contributed by atoms with Gasteiger partial charge in [-0.2, -0.15) is 0 Å². The van der Waals surface area contributed by atoms with Crippen molar-refractivity contribution in [3.05, 3.63) is 0 Å². The summed E-state index contributed by atoms with van der Waals surface area (Å²) >= 11 is 8.15. The van der Waals surface area contributed by atoms with Crippen LogP contribution in [0.3, 0.4) is 0 Å². The molecule has 0 aliphatic heterocycles. The van der Waals surface area contributed by atoms with E-state index in [-0.39, 0.29) is 0 Å². The van der Waals surface area contributed by atoms with Crippen molar-refractivity contribution in [1.82, 2.24) is 0 Å². The first kappa shape index (κ1) is 21.0. The molecule has 0 aliphatic carbocycles. The lowest BCUT2D eigenvalue weighted by molar-refractivity contribution is 0.532. The summed E-state index contributed by atoms with van der Waals surface area (Å²) in [6, 6.07) is 0. The van der Waals surface area contributed by atoms with Gasteiger partial charge in [0.05, 0.1) is 0 Å². The summed E-state index contributed by atoms with van der Waals surface area (Å²) in [5.74, 6) is 0.846. The molecule has 0 spiro atoms. The minimum Gasteiger partial charge on any atom is -0.127 e. The van der Waals surface area contributed by atoms with Gasteiger partial charge in [-0.25, -0.2) is 0 Å². The third kappa shape index (κ3) is 19.0. The van der Waals surface area contributed by atoms with Crippen LogP contribution in [-0.4, -0.2) is 10.3 Å². The maximum absolute atomic E-state index is 5.67. The summed E-state index contributed by atoms with van der Waals surface area (Å²) in [5.41, 5.74) is 0. The van der Waals surface area contributed by atoms with Crippen LogP contribution in [-0.2, 0) is 0 Å². The molecule has 0 radical (unpaired) electrons. The van der Waals surface area contributed by atoms with E-state index in [0.717, 1.165) is 5.88 Å². The Morgan fingerprint density at radius 1 is 0.400 bits per heavy atom. The van der Waals surface area contributed by atoms with Crippen molar-refractivity contribution in [3.63, 3.8) is 0 Å². The molecule has 0 unspecified atom stereocenters. The van der Waals surface area contributed by atoms with Crippen LogP contribution in [0.25, 0.3) is 0 Å². The topological polar surface area (TPSA) is 0 Å². The molecular weight excluding hydrogens is 379 g/mol. The average molecular weight is 415 g/mol. The average Bonchev–Trinajstić information content (AvgIpc) is 2.47. The zero-order chi connectivity index (χ0) is 14.7. The van der Waals surface area contributed by atoms with Crippen LogP contribution in [0, 0.1) is 0 Å². The van der Waals surface area contributed by atoms with Crippen molar-refractivity contribution in [2.45, 2.75) is 103 Å². The number of alkyl halides is 2. The second-order valence-electron chi connectivity index (χ2n) is 6.03. The number of halogens is 2. The fourth-order valence-corrected chi connectivity index (χ4v) is 3.39. The van der Waals surface area contributed by atoms with E-state index >= 15 is 0 Å². The third-order valence-electron chi connectivity index (χ3n) is 4.02. The Kier molecular flexibility index (Phi) is 21.0. The smallest absolute Gasteiger partial charge is 0.0223 e. The molecule has 0 aromatic carbocycles. The quantitative estimate of drug-likeness (QED) is 0.129. The predicted molar refractivity (Wildman–Crippen MR) is 103 cm³/mol. The van der Waals surface area contributed by atoms with E-state index in [1.807, 2.05) is 0 Å². The Morgan fingerprint density at radius 3 is 0.900 bits per heavy atom. The molecule has 0 aromatic heterocycles. The van der Waals surface area contributed by atoms with E-state index in [1.54, 1.807) is 0 Å². The van der Waals surface area contributed by atoms with Gasteiger partial charge < -0.3 is 0 Å². The number of hydrogen-bond acceptors (Lipinski definition) is 0. The fourth-order valence-electron chi connectivity index (χ4n) is 2.66. The zero-order valence-corrected chi connectivity index (χ0v) is 16.4. The Morgan fingerprint density at radius 2 is 0.650 bits per heavy atom. The Hall–Kier alpha value is 1.02. The van der Waals surface area contributed by atoms with Crippen molar-refractivity contribution in [3.8, 4) is 0 Å². The highest BCUT2D eigenvalue weighted by molar-refractivity contribution is 14.1. The molecule has 0 N–H and O–H groups in total. The second kappa shape index (κ2) is 20.0. The first-order valence-electron chi connectivity index (χ1n) is 9.03. The van der Waals surface area contributed by atoms with Gasteiger partial charge in [-0.15, -0.1) is 11.6 Å². The van der Waals surface area contributed by atoms with Gasteiger partial charge in [0.25, 0.3) is 0 Å². The number of rotatable bonds is 17. The summed E-state index contributed by atoms with van der Waals surface area (Å²) < 4.78 is 1.34. The molecule has 0 saturated heterocycles. The molecule has 20 heavy (non-hydrogen) atoms. The van der Waals surface area contributed by atoms with E-state index in [2.05, 4.69) is 22.6 Å². The molecule has 0 aromatic rings. The van der Waals surface area contributed by atoms with E-state index in [0.29, 0.717) is 0 Å². The summed E-state index contributed by atoms with van der Waals surface area (Å²) in [6.45, 7) is 0. The van der Waals surface area contributed by atoms with Gasteiger partial charge in [-0.3, -0.25) is 0 Å². The van der Waals surface area contributed by atoms with Crippen LogP contribution in [0.15, 0.2) is 0 Å². The zero-order valence-electron chi connectivity index (χ0n) is 13.5. The summed E-state index contributed by atoms with van der Waals surface area (Å²) in [7, 11) is 0. The van der Waals surface area contributed by atoms with Crippen molar-refractivity contribution >= 4 is 34.2 Å². The van der Waals surface area contributed by atoms with Crippen LogP contribution in [0.5, 0.6) is 0 Å². The van der Waals surface area contributed by atoms with Crippen LogP contribution in [0.1, 0.15) is 103 Å². The molecule has 0 atom stereocenters. The van der Waals surface area contributed by atoms with Crippen molar-refractivity contribution in [2.75, 3.05) is 10.3 Å². The van der Waals surface area contributed by atoms with Gasteiger partial charge in [-0.05, 0) is 17.3 Å². The fraction of sp³-hybridized carbons (Fsp3) is 1.00. The first-order chi connectivity index (χ1) is 9.91. The van der Waals surface area contributed by atoms with E-state index in [4.69, 9.17) is 11.6 Å². The lowest BCUT2D eigenvalue weighted by Crippen LogP contribution is -1.84. The normalized spacial score (nSPS) is 11.1. The highest BCUT2D eigenvalue weighted by Gasteiger charge is 1.94. The highest BCUT2D eigenvalue weighted by Crippen LogP contribution is 2.13. The molecule has 0 heterocycles. The maximum atomic E-state index is 5.67. The van der Waals surface area contributed by atoms with E-state index in [9.17, 15) is 0 Å². The van der Waals surface area contributed by atoms with Gasteiger partial charge >= 0.3 is 0 Å². The predicted octanol–water partition coefficient (Wildman–Crippen LogP) is 7.90. The van der Waals surface area contributed by atoms with Crippen molar-refractivity contribution in [1.29, 1.82) is 0 Å². The van der Waals surface area contributed by atoms with Gasteiger partial charge in [0.1, 0.15) is 0 Å². The lowest BCUT2D eigenvalue weighted by atomic mass is 10.0. The standard InChI is InChI=1S/C18H36ClI/c19-17-15-13-11-9-7-5-3-1-2-4-6-8-10-12-14-16-18-20/h1-18H2. The van der Waals surface area contributed by atoms with Crippen molar-refractivity contribution in [2.24, 2.45) is 0 Å². The molecular formula is C18H36ClI. The molecule has 0 nitrogen and oxygen atoms in total. The minimum absolute atomic E-state index is 0.846. The van der Waals surface area contributed by atoms with Crippen LogP contribution in [0.4, 0.5) is 0 Å². The summed E-state index contributed by atoms with van der Waals surface area (Å²) in [6.07, 6.45) is 22.9. The summed E-state index contributed by atoms with van der Waals surface area (Å²) in [5, 5.41) is 0. The molecule has 122 valence electrons. The Labute approximate surface area is 147 Å². The van der Waals surface area contributed by atoms with Crippen molar-refractivity contribution < 1.29 is 0 Å². The van der Waals surface area contributed by atoms with E-state index in [1.165, 1.54) is 107 Å². The van der Waals surface area contributed by atoms with Gasteiger partial charge in [0.15, 0.2) is 0 Å². The number of hydrogen-bond donors (Lipinski definition) is 0. The monoisotopic (exact) mass is 414 g/mol. The van der Waals surface area contributed by atoms with E-state index < -0.39 is 0 Å². The Bertz CT molecular complexity index is 143. The maximum Gasteiger partial charge on any atom is 0.0223 e. The van der Waals surface area contributed by atoms with Crippen LogP contribution >= 0.6 is 34.2 Å². The molecule has 0 aliphatic rings. The SMILES string of the molecule is ClCCCCCCCCCCCCCCCCCCI. The largest absolute Gasteiger partial charge is 0.127 e. The summed E-state index contributed by atoms with van der Waals surface area (Å²) in [4.78, 5) is 0. The first-order valence-corrected chi connectivity index (χ1v) is 11.1. The van der Waals surface area contributed by atoms with Crippen LogP contribution < -0.4 is 0 Å². The molecule has 0 rings (SSSR count). The third-order valence-corrected chi connectivity index (χ3v) is 5.05. The highest BCUT2D eigenvalue weighted by atomic mass is 127. The number of unbranched alkanes of at least 4 members (excludes halogenated alkanes) is 15. The molecule has 0 fully saturated rings. The minimum atomic E-state index is 0.846. The van der Waals surface area contributed by atoms with Gasteiger partial charge in [0.2, 0.25) is 0 Å². The lowest BCUT2D eigenvalue weighted by Gasteiger charge is -2.03. The Balaban J connectivity index is 2.89. The second-order valence-corrected chi connectivity index (χ2v) is 7.49. The molecule has 0 amide bonds. The van der Waals surface area contributed by atoms with Crippen LogP contribution in [0.2, 0.25) is 0 Å². The molecule has 0 saturated carbocycles. The molecule has 0 bridgehead atoms. The molecule has 2 heteroatoms. The van der Waals surface area contributed by atoms with Gasteiger partial charge in [-0.1, -0.05) is 112 Å².